The van der Waals surface area contributed by atoms with Crippen molar-refractivity contribution < 1.29 is 9.59 Å². The maximum atomic E-state index is 12.0. The van der Waals surface area contributed by atoms with Crippen molar-refractivity contribution in [2.45, 2.75) is 45.7 Å². The van der Waals surface area contributed by atoms with E-state index in [1.165, 1.54) is 23.6 Å². The molecule has 0 bridgehead atoms. The Balaban J connectivity index is 1.90. The number of hydrogen-bond donors (Lipinski definition) is 2. The number of fused-ring (bicyclic) bond motifs is 1. The molecule has 2 amide bonds. The third kappa shape index (κ3) is 3.94. The van der Waals surface area contributed by atoms with Gasteiger partial charge in [-0.2, -0.15) is 0 Å². The molecule has 1 aromatic rings. The quantitative estimate of drug-likeness (QED) is 0.870. The van der Waals surface area contributed by atoms with Crippen molar-refractivity contribution in [1.29, 1.82) is 0 Å². The molecule has 4 nitrogen and oxygen atoms in total. The molecule has 2 rings (SSSR count). The Morgan fingerprint density at radius 1 is 1.19 bits per heavy atom. The first-order valence-corrected chi connectivity index (χ1v) is 7.32. The van der Waals surface area contributed by atoms with Gasteiger partial charge in [-0.3, -0.25) is 9.59 Å². The number of carbonyl (C=O) groups excluding carboxylic acids is 2. The van der Waals surface area contributed by atoms with Crippen LogP contribution in [0.15, 0.2) is 30.3 Å². The zero-order valence-corrected chi connectivity index (χ0v) is 12.8. The van der Waals surface area contributed by atoms with Crippen molar-refractivity contribution in [1.82, 2.24) is 10.6 Å². The van der Waals surface area contributed by atoms with Gasteiger partial charge >= 0.3 is 0 Å². The maximum Gasteiger partial charge on any atom is 0.242 e. The summed E-state index contributed by atoms with van der Waals surface area (Å²) in [7, 11) is 0. The number of nitrogens with one attached hydrogen (secondary N) is 2. The molecule has 112 valence electrons. The molecular formula is C17H22N2O2. The second kappa shape index (κ2) is 6.57. The summed E-state index contributed by atoms with van der Waals surface area (Å²) in [5.41, 5.74) is 3.91. The highest BCUT2D eigenvalue weighted by molar-refractivity contribution is 5.86. The van der Waals surface area contributed by atoms with Crippen LogP contribution in [-0.2, 0) is 16.0 Å². The Hall–Kier alpha value is -2.10. The summed E-state index contributed by atoms with van der Waals surface area (Å²) in [6, 6.07) is 7.89. The Morgan fingerprint density at radius 2 is 1.90 bits per heavy atom. The second-order valence-electron chi connectivity index (χ2n) is 5.63. The van der Waals surface area contributed by atoms with Gasteiger partial charge in [0, 0.05) is 13.0 Å². The van der Waals surface area contributed by atoms with Crippen molar-refractivity contribution in [3.63, 3.8) is 0 Å². The van der Waals surface area contributed by atoms with Crippen LogP contribution in [0.2, 0.25) is 0 Å². The highest BCUT2D eigenvalue weighted by Gasteiger charge is 2.19. The van der Waals surface area contributed by atoms with Crippen molar-refractivity contribution in [2.24, 2.45) is 0 Å². The topological polar surface area (TPSA) is 58.2 Å². The van der Waals surface area contributed by atoms with E-state index in [0.717, 1.165) is 12.8 Å². The van der Waals surface area contributed by atoms with E-state index in [-0.39, 0.29) is 17.9 Å². The number of rotatable bonds is 5. The summed E-state index contributed by atoms with van der Waals surface area (Å²) in [6.45, 7) is 5.08. The molecule has 1 aromatic carbocycles. The molecule has 0 aromatic heterocycles. The van der Waals surface area contributed by atoms with Crippen molar-refractivity contribution in [2.75, 3.05) is 0 Å². The third-order valence-corrected chi connectivity index (χ3v) is 3.66. The van der Waals surface area contributed by atoms with E-state index in [4.69, 9.17) is 0 Å². The van der Waals surface area contributed by atoms with E-state index >= 15 is 0 Å². The fraction of sp³-hybridized carbons (Fsp3) is 0.412. The molecule has 2 N–H and O–H groups in total. The molecule has 2 atom stereocenters. The Labute approximate surface area is 125 Å². The standard InChI is InChI=1S/C17H22N2O2/c1-11(18-17(21)12(2)19-13(3)20)10-15-9-8-14-6-4-5-7-16(14)15/h4-7,9,11-12H,8,10H2,1-3H3,(H,18,21)(H,19,20)/t11-,12-/m0/s1. The lowest BCUT2D eigenvalue weighted by molar-refractivity contribution is -0.128. The third-order valence-electron chi connectivity index (χ3n) is 3.66. The average Bonchev–Trinajstić information content (AvgIpc) is 2.81. The van der Waals surface area contributed by atoms with E-state index in [9.17, 15) is 9.59 Å². The lowest BCUT2D eigenvalue weighted by Gasteiger charge is -2.19. The molecular weight excluding hydrogens is 264 g/mol. The molecule has 0 unspecified atom stereocenters. The molecule has 0 saturated carbocycles. The predicted molar refractivity (Wildman–Crippen MR) is 83.6 cm³/mol. The zero-order valence-electron chi connectivity index (χ0n) is 12.8. The van der Waals surface area contributed by atoms with Crippen LogP contribution in [0.5, 0.6) is 0 Å². The number of hydrogen-bond acceptors (Lipinski definition) is 2. The molecule has 0 spiro atoms. The van der Waals surface area contributed by atoms with Crippen LogP contribution in [0.3, 0.4) is 0 Å². The van der Waals surface area contributed by atoms with Crippen LogP contribution in [0, 0.1) is 0 Å². The summed E-state index contributed by atoms with van der Waals surface area (Å²) in [6.07, 6.45) is 3.99. The Bertz CT molecular complexity index is 578. The van der Waals surface area contributed by atoms with Crippen LogP contribution in [0.1, 0.15) is 38.3 Å². The van der Waals surface area contributed by atoms with Gasteiger partial charge in [0.25, 0.3) is 0 Å². The highest BCUT2D eigenvalue weighted by Crippen LogP contribution is 2.30. The van der Waals surface area contributed by atoms with Gasteiger partial charge in [-0.1, -0.05) is 30.3 Å². The number of amides is 2. The normalized spacial score (nSPS) is 15.7. The highest BCUT2D eigenvalue weighted by atomic mass is 16.2. The van der Waals surface area contributed by atoms with E-state index in [0.29, 0.717) is 0 Å². The zero-order chi connectivity index (χ0) is 15.4. The molecule has 1 aliphatic rings. The fourth-order valence-electron chi connectivity index (χ4n) is 2.67. The van der Waals surface area contributed by atoms with Gasteiger partial charge in [-0.15, -0.1) is 0 Å². The van der Waals surface area contributed by atoms with E-state index in [1.54, 1.807) is 6.92 Å². The van der Waals surface area contributed by atoms with Crippen molar-refractivity contribution >= 4 is 17.4 Å². The van der Waals surface area contributed by atoms with E-state index < -0.39 is 6.04 Å². The monoisotopic (exact) mass is 286 g/mol. The summed E-state index contributed by atoms with van der Waals surface area (Å²) in [5.74, 6) is -0.345. The average molecular weight is 286 g/mol. The SMILES string of the molecule is CC(=O)N[C@@H](C)C(=O)N[C@@H](C)CC1=CCc2ccccc21. The number of benzene rings is 1. The molecule has 0 heterocycles. The maximum absolute atomic E-state index is 12.0. The summed E-state index contributed by atoms with van der Waals surface area (Å²) < 4.78 is 0. The summed E-state index contributed by atoms with van der Waals surface area (Å²) in [4.78, 5) is 22.9. The minimum Gasteiger partial charge on any atom is -0.352 e. The minimum atomic E-state index is -0.505. The van der Waals surface area contributed by atoms with Crippen LogP contribution >= 0.6 is 0 Å². The van der Waals surface area contributed by atoms with Crippen molar-refractivity contribution in [3.8, 4) is 0 Å². The second-order valence-corrected chi connectivity index (χ2v) is 5.63. The molecule has 0 saturated heterocycles. The van der Waals surface area contributed by atoms with E-state index in [1.807, 2.05) is 13.0 Å². The minimum absolute atomic E-state index is 0.0334. The van der Waals surface area contributed by atoms with Crippen molar-refractivity contribution in [3.05, 3.63) is 41.5 Å². The summed E-state index contributed by atoms with van der Waals surface area (Å²) in [5, 5.41) is 5.54. The molecule has 4 heteroatoms. The van der Waals surface area contributed by atoms with Gasteiger partial charge in [0.05, 0.1) is 0 Å². The molecule has 21 heavy (non-hydrogen) atoms. The first-order chi connectivity index (χ1) is 9.97. The largest absolute Gasteiger partial charge is 0.352 e. The van der Waals surface area contributed by atoms with Crippen LogP contribution in [0.4, 0.5) is 0 Å². The van der Waals surface area contributed by atoms with Gasteiger partial charge in [0.15, 0.2) is 0 Å². The van der Waals surface area contributed by atoms with Crippen LogP contribution < -0.4 is 10.6 Å². The van der Waals surface area contributed by atoms with E-state index in [2.05, 4.69) is 34.9 Å². The molecule has 0 fully saturated rings. The van der Waals surface area contributed by atoms with Gasteiger partial charge in [0.1, 0.15) is 6.04 Å². The molecule has 0 radical (unpaired) electrons. The van der Waals surface area contributed by atoms with Gasteiger partial charge < -0.3 is 10.6 Å². The lowest BCUT2D eigenvalue weighted by Crippen LogP contribution is -2.46. The fourth-order valence-corrected chi connectivity index (χ4v) is 2.67. The lowest BCUT2D eigenvalue weighted by atomic mass is 10.0. The van der Waals surface area contributed by atoms with Crippen LogP contribution in [-0.4, -0.2) is 23.9 Å². The predicted octanol–water partition coefficient (Wildman–Crippen LogP) is 2.05. The molecule has 0 aliphatic heterocycles. The summed E-state index contributed by atoms with van der Waals surface area (Å²) >= 11 is 0. The number of carbonyl (C=O) groups is 2. The van der Waals surface area contributed by atoms with Gasteiger partial charge in [0.2, 0.25) is 11.8 Å². The first kappa shape index (κ1) is 15.3. The van der Waals surface area contributed by atoms with Gasteiger partial charge in [-0.25, -0.2) is 0 Å². The van der Waals surface area contributed by atoms with Crippen LogP contribution in [0.25, 0.3) is 5.57 Å². The first-order valence-electron chi connectivity index (χ1n) is 7.32. The number of allylic oxidation sites excluding steroid dienone is 1. The molecule has 1 aliphatic carbocycles. The smallest absolute Gasteiger partial charge is 0.242 e. The Kier molecular flexibility index (Phi) is 4.78. The van der Waals surface area contributed by atoms with Gasteiger partial charge in [-0.05, 0) is 43.4 Å². The Morgan fingerprint density at radius 3 is 2.62 bits per heavy atom.